The molecule has 1 unspecified atom stereocenters. The number of aromatic nitrogens is 2. The van der Waals surface area contributed by atoms with E-state index in [1.54, 1.807) is 4.90 Å². The second-order valence-corrected chi connectivity index (χ2v) is 11.7. The summed E-state index contributed by atoms with van der Waals surface area (Å²) in [6, 6.07) is 15.8. The molecule has 1 amide bonds. The number of likely N-dealkylation sites (tertiary alicyclic amines) is 1. The van der Waals surface area contributed by atoms with Gasteiger partial charge < -0.3 is 19.4 Å². The molecule has 3 atom stereocenters. The van der Waals surface area contributed by atoms with Crippen LogP contribution in [0.25, 0.3) is 22.0 Å². The van der Waals surface area contributed by atoms with E-state index in [1.807, 2.05) is 0 Å². The van der Waals surface area contributed by atoms with Crippen LogP contribution in [0.2, 0.25) is 0 Å². The van der Waals surface area contributed by atoms with Crippen molar-refractivity contribution >= 4 is 22.6 Å². The summed E-state index contributed by atoms with van der Waals surface area (Å²) in [5, 5.41) is 10.4. The summed E-state index contributed by atoms with van der Waals surface area (Å²) in [5.74, 6) is 1.23. The normalized spacial score (nSPS) is 22.5. The number of nitriles is 1. The number of rotatable bonds is 7. The molecule has 0 bridgehead atoms. The van der Waals surface area contributed by atoms with Crippen molar-refractivity contribution in [2.45, 2.75) is 57.0 Å². The zero-order valence-corrected chi connectivity index (χ0v) is 24.1. The minimum Gasteiger partial charge on any atom is -0.462 e. The number of hydrogen-bond donors (Lipinski definition) is 0. The van der Waals surface area contributed by atoms with E-state index in [2.05, 4.69) is 72.8 Å². The maximum Gasteiger partial charge on any atom is 0.319 e. The standard InChI is InChI=1S/C33H38N6O2/c1-4-31(40)39-18-17-38(20-24(39)14-15-34)32-29-13-11-23(27-9-5-8-26-22(2)10-12-28(26)27)19-30(29)35-33(36-32)41-21-25-7-6-16-37(25)3/h4-5,8-9,11,13,19,22,24-25H,1,6-7,10,12,14,16-18,20-21H2,2-3H3/t22?,24-,25-/m0/s1. The number of fused-ring (bicyclic) bond motifs is 2. The summed E-state index contributed by atoms with van der Waals surface area (Å²) >= 11 is 0. The third-order valence-corrected chi connectivity index (χ3v) is 9.18. The monoisotopic (exact) mass is 550 g/mol. The van der Waals surface area contributed by atoms with Crippen LogP contribution in [-0.2, 0) is 11.2 Å². The zero-order chi connectivity index (χ0) is 28.5. The number of ether oxygens (including phenoxy) is 1. The molecule has 1 aliphatic carbocycles. The Morgan fingerprint density at radius 3 is 2.83 bits per heavy atom. The fourth-order valence-corrected chi connectivity index (χ4v) is 6.79. The first-order valence-electron chi connectivity index (χ1n) is 14.8. The number of amides is 1. The molecule has 0 radical (unpaired) electrons. The van der Waals surface area contributed by atoms with Crippen LogP contribution in [0.1, 0.15) is 49.7 Å². The third kappa shape index (κ3) is 5.27. The van der Waals surface area contributed by atoms with Crippen LogP contribution in [0.3, 0.4) is 0 Å². The lowest BCUT2D eigenvalue weighted by atomic mass is 9.94. The Hall–Kier alpha value is -3.96. The minimum atomic E-state index is -0.242. The fourth-order valence-electron chi connectivity index (χ4n) is 6.79. The lowest BCUT2D eigenvalue weighted by Gasteiger charge is -2.41. The number of anilines is 1. The van der Waals surface area contributed by atoms with Gasteiger partial charge in [-0.3, -0.25) is 4.79 Å². The van der Waals surface area contributed by atoms with Crippen LogP contribution < -0.4 is 9.64 Å². The lowest BCUT2D eigenvalue weighted by molar-refractivity contribution is -0.128. The second-order valence-electron chi connectivity index (χ2n) is 11.7. The molecule has 3 heterocycles. The summed E-state index contributed by atoms with van der Waals surface area (Å²) in [6.45, 7) is 9.19. The fraction of sp³-hybridized carbons (Fsp3) is 0.455. The SMILES string of the molecule is C=CC(=O)N1CCN(c2nc(OC[C@@H]3CCCN3C)nc3cc(-c4cccc5c4CCC5C)ccc23)C[C@@H]1CC#N. The molecule has 2 saturated heterocycles. The van der Waals surface area contributed by atoms with E-state index in [0.717, 1.165) is 41.7 Å². The van der Waals surface area contributed by atoms with E-state index < -0.39 is 0 Å². The van der Waals surface area contributed by atoms with Crippen LogP contribution >= 0.6 is 0 Å². The van der Waals surface area contributed by atoms with Crippen LogP contribution in [-0.4, -0.2) is 77.6 Å². The van der Waals surface area contributed by atoms with E-state index in [-0.39, 0.29) is 18.4 Å². The van der Waals surface area contributed by atoms with Crippen molar-refractivity contribution in [1.82, 2.24) is 19.8 Å². The predicted octanol–water partition coefficient (Wildman–Crippen LogP) is 4.94. The van der Waals surface area contributed by atoms with Crippen LogP contribution in [0.15, 0.2) is 49.1 Å². The van der Waals surface area contributed by atoms with Gasteiger partial charge in [-0.25, -0.2) is 0 Å². The van der Waals surface area contributed by atoms with Crippen molar-refractivity contribution in [1.29, 1.82) is 5.26 Å². The van der Waals surface area contributed by atoms with Gasteiger partial charge in [0.05, 0.1) is 24.0 Å². The minimum absolute atomic E-state index is 0.142. The largest absolute Gasteiger partial charge is 0.462 e. The zero-order valence-electron chi connectivity index (χ0n) is 24.1. The smallest absolute Gasteiger partial charge is 0.319 e. The van der Waals surface area contributed by atoms with Crippen molar-refractivity contribution in [3.63, 3.8) is 0 Å². The molecule has 0 spiro atoms. The van der Waals surface area contributed by atoms with E-state index >= 15 is 0 Å². The quantitative estimate of drug-likeness (QED) is 0.386. The van der Waals surface area contributed by atoms with Gasteiger partial charge in [0.2, 0.25) is 5.91 Å². The van der Waals surface area contributed by atoms with Gasteiger partial charge in [0.25, 0.3) is 0 Å². The Morgan fingerprint density at radius 2 is 2.05 bits per heavy atom. The first-order valence-corrected chi connectivity index (χ1v) is 14.8. The van der Waals surface area contributed by atoms with Crippen LogP contribution in [0, 0.1) is 11.3 Å². The molecule has 6 rings (SSSR count). The average Bonchev–Trinajstić information content (AvgIpc) is 3.59. The first kappa shape index (κ1) is 27.2. The molecule has 2 aromatic carbocycles. The van der Waals surface area contributed by atoms with E-state index in [1.165, 1.54) is 35.6 Å². The number of nitrogens with zero attached hydrogens (tertiary/aromatic N) is 6. The Kier molecular flexibility index (Phi) is 7.63. The average molecular weight is 551 g/mol. The molecule has 0 saturated carbocycles. The number of carbonyl (C=O) groups excluding carboxylic acids is 1. The first-order chi connectivity index (χ1) is 20.0. The molecule has 8 heteroatoms. The topological polar surface area (TPSA) is 85.6 Å². The Morgan fingerprint density at radius 1 is 1.17 bits per heavy atom. The van der Waals surface area contributed by atoms with Gasteiger partial charge in [0.1, 0.15) is 12.4 Å². The van der Waals surface area contributed by atoms with Crippen LogP contribution in [0.5, 0.6) is 6.01 Å². The van der Waals surface area contributed by atoms with Crippen molar-refractivity contribution in [3.8, 4) is 23.2 Å². The highest BCUT2D eigenvalue weighted by atomic mass is 16.5. The number of hydrogen-bond acceptors (Lipinski definition) is 7. The molecular formula is C33H38N6O2. The third-order valence-electron chi connectivity index (χ3n) is 9.18. The summed E-state index contributed by atoms with van der Waals surface area (Å²) in [7, 11) is 2.14. The number of piperazine rings is 1. The van der Waals surface area contributed by atoms with E-state index in [0.29, 0.717) is 44.2 Å². The molecule has 2 fully saturated rings. The van der Waals surface area contributed by atoms with Gasteiger partial charge in [0, 0.05) is 31.1 Å². The number of carbonyl (C=O) groups is 1. The van der Waals surface area contributed by atoms with Gasteiger partial charge in [0.15, 0.2) is 0 Å². The maximum atomic E-state index is 12.5. The summed E-state index contributed by atoms with van der Waals surface area (Å²) in [4.78, 5) is 28.6. The Labute approximate surface area is 242 Å². The highest BCUT2D eigenvalue weighted by Gasteiger charge is 2.31. The molecule has 8 nitrogen and oxygen atoms in total. The van der Waals surface area contributed by atoms with Crippen molar-refractivity contribution in [2.24, 2.45) is 0 Å². The summed E-state index contributed by atoms with van der Waals surface area (Å²) in [6.07, 6.45) is 6.13. The molecular weight excluding hydrogens is 512 g/mol. The molecule has 0 N–H and O–H groups in total. The molecule has 2 aliphatic heterocycles. The second kappa shape index (κ2) is 11.5. The van der Waals surface area contributed by atoms with Crippen molar-refractivity contribution in [3.05, 3.63) is 60.2 Å². The highest BCUT2D eigenvalue weighted by molar-refractivity contribution is 5.93. The van der Waals surface area contributed by atoms with Crippen molar-refractivity contribution < 1.29 is 9.53 Å². The summed E-state index contributed by atoms with van der Waals surface area (Å²) < 4.78 is 6.26. The summed E-state index contributed by atoms with van der Waals surface area (Å²) in [5.41, 5.74) is 6.16. The molecule has 212 valence electrons. The maximum absolute atomic E-state index is 12.5. The predicted molar refractivity (Wildman–Crippen MR) is 161 cm³/mol. The lowest BCUT2D eigenvalue weighted by Crippen LogP contribution is -2.55. The Bertz CT molecular complexity index is 1510. The van der Waals surface area contributed by atoms with E-state index in [9.17, 15) is 10.1 Å². The molecule has 41 heavy (non-hydrogen) atoms. The van der Waals surface area contributed by atoms with Crippen molar-refractivity contribution in [2.75, 3.05) is 44.7 Å². The van der Waals surface area contributed by atoms with E-state index in [4.69, 9.17) is 14.7 Å². The van der Waals surface area contributed by atoms with Crippen LogP contribution in [0.4, 0.5) is 5.82 Å². The van der Waals surface area contributed by atoms with Gasteiger partial charge in [-0.1, -0.05) is 37.8 Å². The molecule has 3 aliphatic rings. The number of benzene rings is 2. The van der Waals surface area contributed by atoms with Gasteiger partial charge >= 0.3 is 6.01 Å². The van der Waals surface area contributed by atoms with Gasteiger partial charge in [-0.15, -0.1) is 0 Å². The molecule has 3 aromatic rings. The number of likely N-dealkylation sites (N-methyl/N-ethyl adjacent to an activating group) is 1. The Balaban J connectivity index is 1.39. The van der Waals surface area contributed by atoms with Gasteiger partial charge in [-0.2, -0.15) is 15.2 Å². The van der Waals surface area contributed by atoms with Gasteiger partial charge in [-0.05, 0) is 85.7 Å². The molecule has 1 aromatic heterocycles. The highest BCUT2D eigenvalue weighted by Crippen LogP contribution is 2.40.